The van der Waals surface area contributed by atoms with Crippen LogP contribution in [0.3, 0.4) is 0 Å². The van der Waals surface area contributed by atoms with E-state index in [1.54, 1.807) is 30.3 Å². The van der Waals surface area contributed by atoms with Crippen LogP contribution in [0.5, 0.6) is 5.75 Å². The minimum Gasteiger partial charge on any atom is -0.508 e. The van der Waals surface area contributed by atoms with E-state index in [1.165, 1.54) is 6.07 Å². The SMILES string of the molecule is Cc1cc(O)ccc1NC(=NCc1cc(Br)ccc1F)NCC1CCCO1. The molecule has 7 heteroatoms. The van der Waals surface area contributed by atoms with Crippen LogP contribution >= 0.6 is 15.9 Å². The lowest BCUT2D eigenvalue weighted by Gasteiger charge is -2.17. The molecule has 1 aliphatic heterocycles. The van der Waals surface area contributed by atoms with E-state index in [1.807, 2.05) is 6.92 Å². The molecule has 27 heavy (non-hydrogen) atoms. The lowest BCUT2D eigenvalue weighted by Crippen LogP contribution is -2.36. The molecule has 1 fully saturated rings. The van der Waals surface area contributed by atoms with Gasteiger partial charge in [0.25, 0.3) is 0 Å². The predicted octanol–water partition coefficient (Wildman–Crippen LogP) is 4.34. The Morgan fingerprint density at radius 2 is 2.19 bits per heavy atom. The molecule has 0 spiro atoms. The zero-order chi connectivity index (χ0) is 19.2. The smallest absolute Gasteiger partial charge is 0.196 e. The minimum atomic E-state index is -0.291. The summed E-state index contributed by atoms with van der Waals surface area (Å²) in [5.74, 6) is 0.458. The van der Waals surface area contributed by atoms with Crippen LogP contribution in [0.25, 0.3) is 0 Å². The fraction of sp³-hybridized carbons (Fsp3) is 0.350. The molecule has 1 aliphatic rings. The van der Waals surface area contributed by atoms with Gasteiger partial charge in [0, 0.05) is 28.9 Å². The fourth-order valence-corrected chi connectivity index (χ4v) is 3.31. The number of rotatable bonds is 5. The maximum Gasteiger partial charge on any atom is 0.196 e. The molecule has 0 amide bonds. The summed E-state index contributed by atoms with van der Waals surface area (Å²) in [6, 6.07) is 9.88. The van der Waals surface area contributed by atoms with Gasteiger partial charge in [0.15, 0.2) is 5.96 Å². The van der Waals surface area contributed by atoms with Crippen LogP contribution in [-0.2, 0) is 11.3 Å². The summed E-state index contributed by atoms with van der Waals surface area (Å²) in [4.78, 5) is 4.53. The normalized spacial score (nSPS) is 17.1. The van der Waals surface area contributed by atoms with E-state index in [4.69, 9.17) is 4.74 Å². The standard InChI is InChI=1S/C20H23BrFN3O2/c1-13-9-16(26)5-7-19(13)25-20(24-12-17-3-2-8-27-17)23-11-14-10-15(21)4-6-18(14)22/h4-7,9-10,17,26H,2-3,8,11-12H2,1H3,(H2,23,24,25). The van der Waals surface area contributed by atoms with Crippen molar-refractivity contribution in [3.05, 3.63) is 57.8 Å². The highest BCUT2D eigenvalue weighted by molar-refractivity contribution is 9.10. The molecule has 2 aromatic carbocycles. The fourth-order valence-electron chi connectivity index (χ4n) is 2.90. The van der Waals surface area contributed by atoms with Crippen molar-refractivity contribution in [3.63, 3.8) is 0 Å². The summed E-state index contributed by atoms with van der Waals surface area (Å²) >= 11 is 3.36. The van der Waals surface area contributed by atoms with E-state index in [-0.39, 0.29) is 24.2 Å². The molecule has 2 aromatic rings. The van der Waals surface area contributed by atoms with Crippen LogP contribution < -0.4 is 10.6 Å². The second kappa shape index (κ2) is 9.19. The monoisotopic (exact) mass is 435 g/mol. The molecular weight excluding hydrogens is 413 g/mol. The number of nitrogens with one attached hydrogen (secondary N) is 2. The first-order chi connectivity index (χ1) is 13.0. The number of nitrogens with zero attached hydrogens (tertiary/aromatic N) is 1. The number of aliphatic imine (C=N–C) groups is 1. The van der Waals surface area contributed by atoms with E-state index < -0.39 is 0 Å². The zero-order valence-corrected chi connectivity index (χ0v) is 16.7. The molecule has 1 saturated heterocycles. The van der Waals surface area contributed by atoms with Gasteiger partial charge in [-0.05, 0) is 61.7 Å². The number of phenolic OH excluding ortho intramolecular Hbond substituents is 1. The van der Waals surface area contributed by atoms with Crippen molar-refractivity contribution in [2.75, 3.05) is 18.5 Å². The number of anilines is 1. The van der Waals surface area contributed by atoms with E-state index in [0.29, 0.717) is 18.1 Å². The third-order valence-corrected chi connectivity index (χ3v) is 4.89. The van der Waals surface area contributed by atoms with Crippen molar-refractivity contribution in [2.24, 2.45) is 4.99 Å². The Balaban J connectivity index is 1.76. The molecule has 5 nitrogen and oxygen atoms in total. The van der Waals surface area contributed by atoms with E-state index in [0.717, 1.165) is 35.2 Å². The van der Waals surface area contributed by atoms with Crippen LogP contribution in [0.4, 0.5) is 10.1 Å². The number of halogens is 2. The molecule has 0 aromatic heterocycles. The average molecular weight is 436 g/mol. The molecule has 3 N–H and O–H groups in total. The Labute approximate surface area is 166 Å². The largest absolute Gasteiger partial charge is 0.508 e. The molecule has 3 rings (SSSR count). The lowest BCUT2D eigenvalue weighted by atomic mass is 10.2. The number of guanidine groups is 1. The van der Waals surface area contributed by atoms with Crippen LogP contribution in [0.2, 0.25) is 0 Å². The molecular formula is C20H23BrFN3O2. The second-order valence-corrected chi connectivity index (χ2v) is 7.46. The quantitative estimate of drug-likeness (QED) is 0.371. The van der Waals surface area contributed by atoms with Gasteiger partial charge in [-0.25, -0.2) is 9.38 Å². The van der Waals surface area contributed by atoms with Gasteiger partial charge in [-0.2, -0.15) is 0 Å². The topological polar surface area (TPSA) is 65.9 Å². The Morgan fingerprint density at radius 1 is 1.33 bits per heavy atom. The molecule has 144 valence electrons. The Kier molecular flexibility index (Phi) is 6.68. The number of aromatic hydroxyl groups is 1. The highest BCUT2D eigenvalue weighted by Crippen LogP contribution is 2.21. The van der Waals surface area contributed by atoms with Gasteiger partial charge in [-0.1, -0.05) is 15.9 Å². The average Bonchev–Trinajstić information content (AvgIpc) is 3.15. The van der Waals surface area contributed by atoms with Crippen LogP contribution in [0, 0.1) is 12.7 Å². The van der Waals surface area contributed by atoms with Crippen molar-refractivity contribution in [1.29, 1.82) is 0 Å². The molecule has 0 aliphatic carbocycles. The maximum absolute atomic E-state index is 14.0. The van der Waals surface area contributed by atoms with Crippen LogP contribution in [0.15, 0.2) is 45.9 Å². The summed E-state index contributed by atoms with van der Waals surface area (Å²) in [6.07, 6.45) is 2.23. The molecule has 1 heterocycles. The highest BCUT2D eigenvalue weighted by atomic mass is 79.9. The third kappa shape index (κ3) is 5.68. The van der Waals surface area contributed by atoms with Gasteiger partial charge in [0.05, 0.1) is 12.6 Å². The van der Waals surface area contributed by atoms with Gasteiger partial charge in [0.1, 0.15) is 11.6 Å². The van der Waals surface area contributed by atoms with E-state index in [9.17, 15) is 9.50 Å². The Morgan fingerprint density at radius 3 is 2.93 bits per heavy atom. The Bertz CT molecular complexity index is 823. The summed E-state index contributed by atoms with van der Waals surface area (Å²) in [6.45, 7) is 3.51. The third-order valence-electron chi connectivity index (χ3n) is 4.40. The first-order valence-corrected chi connectivity index (χ1v) is 9.71. The van der Waals surface area contributed by atoms with Gasteiger partial charge in [-0.15, -0.1) is 0 Å². The zero-order valence-electron chi connectivity index (χ0n) is 15.1. The van der Waals surface area contributed by atoms with E-state index in [2.05, 4.69) is 31.6 Å². The Hall–Kier alpha value is -2.12. The number of hydrogen-bond acceptors (Lipinski definition) is 3. The van der Waals surface area contributed by atoms with Crippen LogP contribution in [0.1, 0.15) is 24.0 Å². The molecule has 1 unspecified atom stereocenters. The molecule has 1 atom stereocenters. The van der Waals surface area contributed by atoms with Gasteiger partial charge < -0.3 is 20.5 Å². The van der Waals surface area contributed by atoms with Gasteiger partial charge in [-0.3, -0.25) is 0 Å². The summed E-state index contributed by atoms with van der Waals surface area (Å²) in [5.41, 5.74) is 2.21. The van der Waals surface area contributed by atoms with Crippen molar-refractivity contribution >= 4 is 27.6 Å². The molecule has 0 saturated carbocycles. The predicted molar refractivity (Wildman–Crippen MR) is 109 cm³/mol. The maximum atomic E-state index is 14.0. The van der Waals surface area contributed by atoms with Crippen molar-refractivity contribution in [3.8, 4) is 5.75 Å². The van der Waals surface area contributed by atoms with Crippen molar-refractivity contribution < 1.29 is 14.2 Å². The first-order valence-electron chi connectivity index (χ1n) is 8.92. The summed E-state index contributed by atoms with van der Waals surface area (Å²) in [7, 11) is 0. The lowest BCUT2D eigenvalue weighted by molar-refractivity contribution is 0.114. The van der Waals surface area contributed by atoms with Gasteiger partial charge >= 0.3 is 0 Å². The van der Waals surface area contributed by atoms with Crippen molar-refractivity contribution in [1.82, 2.24) is 5.32 Å². The molecule has 0 radical (unpaired) electrons. The number of aryl methyl sites for hydroxylation is 1. The second-order valence-electron chi connectivity index (χ2n) is 6.54. The summed E-state index contributed by atoms with van der Waals surface area (Å²) < 4.78 is 20.5. The molecule has 0 bridgehead atoms. The minimum absolute atomic E-state index is 0.153. The first kappa shape index (κ1) is 19.6. The number of hydrogen-bond donors (Lipinski definition) is 3. The number of benzene rings is 2. The summed E-state index contributed by atoms with van der Waals surface area (Å²) in [5, 5.41) is 16.1. The number of ether oxygens (including phenoxy) is 1. The number of phenols is 1. The van der Waals surface area contributed by atoms with Gasteiger partial charge in [0.2, 0.25) is 0 Å². The van der Waals surface area contributed by atoms with Crippen LogP contribution in [-0.4, -0.2) is 30.3 Å². The van der Waals surface area contributed by atoms with E-state index >= 15 is 0 Å². The van der Waals surface area contributed by atoms with Crippen molar-refractivity contribution in [2.45, 2.75) is 32.4 Å². The highest BCUT2D eigenvalue weighted by Gasteiger charge is 2.16.